The second kappa shape index (κ2) is 6.11. The highest BCUT2D eigenvalue weighted by atomic mass is 32.2. The fraction of sp³-hybridized carbons (Fsp3) is 0.214. The smallest absolute Gasteiger partial charge is 0.240 e. The molecule has 0 spiro atoms. The fourth-order valence-corrected chi connectivity index (χ4v) is 3.11. The lowest BCUT2D eigenvalue weighted by Gasteiger charge is -2.09. The molecule has 0 aliphatic carbocycles. The summed E-state index contributed by atoms with van der Waals surface area (Å²) in [6.45, 7) is 1.81. The van der Waals surface area contributed by atoms with Gasteiger partial charge >= 0.3 is 0 Å². The van der Waals surface area contributed by atoms with Crippen LogP contribution in [0.25, 0.3) is 0 Å². The van der Waals surface area contributed by atoms with Gasteiger partial charge in [0, 0.05) is 24.9 Å². The molecule has 2 rings (SSSR count). The summed E-state index contributed by atoms with van der Waals surface area (Å²) < 4.78 is 39.7. The van der Waals surface area contributed by atoms with Crippen molar-refractivity contribution in [3.8, 4) is 0 Å². The third-order valence-electron chi connectivity index (χ3n) is 2.83. The van der Waals surface area contributed by atoms with Gasteiger partial charge in [0.1, 0.15) is 5.82 Å². The maximum atomic E-state index is 13.0. The molecule has 0 radical (unpaired) electrons. The van der Waals surface area contributed by atoms with Gasteiger partial charge < -0.3 is 0 Å². The van der Waals surface area contributed by atoms with Gasteiger partial charge in [-0.2, -0.15) is 0 Å². The van der Waals surface area contributed by atoms with Crippen LogP contribution in [0.1, 0.15) is 11.3 Å². The molecule has 1 aromatic carbocycles. The van der Waals surface area contributed by atoms with Crippen LogP contribution >= 0.6 is 0 Å². The van der Waals surface area contributed by atoms with Crippen molar-refractivity contribution in [1.82, 2.24) is 9.71 Å². The third kappa shape index (κ3) is 3.61. The highest BCUT2D eigenvalue weighted by molar-refractivity contribution is 7.89. The Bertz CT molecular complexity index is 688. The lowest BCUT2D eigenvalue weighted by Crippen LogP contribution is -2.26. The molecule has 1 aromatic heterocycles. The van der Waals surface area contributed by atoms with E-state index in [1.807, 2.05) is 12.1 Å². The van der Waals surface area contributed by atoms with Crippen LogP contribution in [0.5, 0.6) is 0 Å². The molecule has 1 heterocycles. The maximum absolute atomic E-state index is 13.0. The van der Waals surface area contributed by atoms with Gasteiger partial charge in [0.15, 0.2) is 0 Å². The zero-order chi connectivity index (χ0) is 14.6. The van der Waals surface area contributed by atoms with Crippen molar-refractivity contribution in [1.29, 1.82) is 0 Å². The first-order valence-corrected chi connectivity index (χ1v) is 7.63. The minimum absolute atomic E-state index is 0.0971. The predicted molar refractivity (Wildman–Crippen MR) is 74.3 cm³/mol. The molecular formula is C14H15FN2O2S. The maximum Gasteiger partial charge on any atom is 0.240 e. The van der Waals surface area contributed by atoms with Gasteiger partial charge in [0.05, 0.1) is 4.90 Å². The normalized spacial score (nSPS) is 11.5. The zero-order valence-corrected chi connectivity index (χ0v) is 11.8. The Kier molecular flexibility index (Phi) is 4.46. The molecule has 106 valence electrons. The minimum Gasteiger partial charge on any atom is -0.261 e. The van der Waals surface area contributed by atoms with Crippen molar-refractivity contribution >= 4 is 10.0 Å². The molecule has 0 aliphatic rings. The molecule has 0 atom stereocenters. The first kappa shape index (κ1) is 14.6. The summed E-state index contributed by atoms with van der Waals surface area (Å²) in [4.78, 5) is 4.21. The third-order valence-corrected chi connectivity index (χ3v) is 4.45. The monoisotopic (exact) mass is 294 g/mol. The van der Waals surface area contributed by atoms with E-state index in [2.05, 4.69) is 9.71 Å². The van der Waals surface area contributed by atoms with Crippen LogP contribution in [0.3, 0.4) is 0 Å². The van der Waals surface area contributed by atoms with Crippen molar-refractivity contribution in [2.75, 3.05) is 6.54 Å². The molecule has 0 bridgehead atoms. The number of sulfonamides is 1. The van der Waals surface area contributed by atoms with Crippen LogP contribution in [0.2, 0.25) is 0 Å². The Morgan fingerprint density at radius 1 is 1.25 bits per heavy atom. The fourth-order valence-electron chi connectivity index (χ4n) is 1.85. The highest BCUT2D eigenvalue weighted by Gasteiger charge is 2.16. The van der Waals surface area contributed by atoms with E-state index in [1.165, 1.54) is 12.1 Å². The molecule has 20 heavy (non-hydrogen) atoms. The minimum atomic E-state index is -3.62. The predicted octanol–water partition coefficient (Wildman–Crippen LogP) is 2.05. The summed E-state index contributed by atoms with van der Waals surface area (Å²) in [6.07, 6.45) is 2.16. The standard InChI is InChI=1S/C14H15FN2O2S/c1-11-10-12(15)5-6-14(11)20(18,19)17-9-7-13-4-2-3-8-16-13/h2-6,8,10,17H,7,9H2,1H3. The molecule has 0 fully saturated rings. The highest BCUT2D eigenvalue weighted by Crippen LogP contribution is 2.15. The number of halogens is 1. The lowest BCUT2D eigenvalue weighted by molar-refractivity contribution is 0.579. The van der Waals surface area contributed by atoms with Crippen LogP contribution in [0.15, 0.2) is 47.5 Å². The number of hydrogen-bond acceptors (Lipinski definition) is 3. The van der Waals surface area contributed by atoms with Gasteiger partial charge in [0.25, 0.3) is 0 Å². The van der Waals surface area contributed by atoms with E-state index < -0.39 is 15.8 Å². The Balaban J connectivity index is 2.04. The van der Waals surface area contributed by atoms with Crippen molar-refractivity contribution in [2.45, 2.75) is 18.2 Å². The zero-order valence-electron chi connectivity index (χ0n) is 11.0. The second-order valence-corrected chi connectivity index (χ2v) is 6.11. The van der Waals surface area contributed by atoms with E-state index in [-0.39, 0.29) is 11.4 Å². The van der Waals surface area contributed by atoms with Gasteiger partial charge in [-0.1, -0.05) is 6.07 Å². The van der Waals surface area contributed by atoms with Gasteiger partial charge in [-0.3, -0.25) is 4.98 Å². The first-order chi connectivity index (χ1) is 9.49. The van der Waals surface area contributed by atoms with Gasteiger partial charge in [-0.05, 0) is 42.8 Å². The van der Waals surface area contributed by atoms with Crippen LogP contribution in [0, 0.1) is 12.7 Å². The molecule has 6 heteroatoms. The van der Waals surface area contributed by atoms with Gasteiger partial charge in [-0.15, -0.1) is 0 Å². The van der Waals surface area contributed by atoms with Crippen LogP contribution in [-0.4, -0.2) is 19.9 Å². The SMILES string of the molecule is Cc1cc(F)ccc1S(=O)(=O)NCCc1ccccn1. The number of pyridine rings is 1. The molecule has 2 aromatic rings. The van der Waals surface area contributed by atoms with Gasteiger partial charge in [-0.25, -0.2) is 17.5 Å². The van der Waals surface area contributed by atoms with E-state index in [0.717, 1.165) is 11.8 Å². The number of rotatable bonds is 5. The van der Waals surface area contributed by atoms with Crippen molar-refractivity contribution in [3.63, 3.8) is 0 Å². The first-order valence-electron chi connectivity index (χ1n) is 6.15. The molecule has 4 nitrogen and oxygen atoms in total. The van der Waals surface area contributed by atoms with Crippen LogP contribution in [-0.2, 0) is 16.4 Å². The Morgan fingerprint density at radius 2 is 2.05 bits per heavy atom. The summed E-state index contributed by atoms with van der Waals surface area (Å²) in [5.41, 5.74) is 1.20. The van der Waals surface area contributed by atoms with Crippen molar-refractivity contribution in [2.24, 2.45) is 0 Å². The lowest BCUT2D eigenvalue weighted by atomic mass is 10.2. The average Bonchev–Trinajstić information content (AvgIpc) is 2.39. The summed E-state index contributed by atoms with van der Waals surface area (Å²) in [5, 5.41) is 0. The number of benzene rings is 1. The quantitative estimate of drug-likeness (QED) is 0.918. The molecule has 1 N–H and O–H groups in total. The topological polar surface area (TPSA) is 59.1 Å². The Morgan fingerprint density at radius 3 is 2.70 bits per heavy atom. The van der Waals surface area contributed by atoms with Crippen molar-refractivity contribution < 1.29 is 12.8 Å². The van der Waals surface area contributed by atoms with Crippen molar-refractivity contribution in [3.05, 3.63) is 59.7 Å². The van der Waals surface area contributed by atoms with Gasteiger partial charge in [0.2, 0.25) is 10.0 Å². The average molecular weight is 294 g/mol. The van der Waals surface area contributed by atoms with Crippen LogP contribution in [0.4, 0.5) is 4.39 Å². The summed E-state index contributed by atoms with van der Waals surface area (Å²) in [7, 11) is -3.62. The number of aryl methyl sites for hydroxylation is 1. The second-order valence-electron chi connectivity index (χ2n) is 4.38. The molecule has 0 saturated heterocycles. The number of aromatic nitrogens is 1. The Hall–Kier alpha value is -1.79. The van der Waals surface area contributed by atoms with E-state index in [4.69, 9.17) is 0 Å². The largest absolute Gasteiger partial charge is 0.261 e. The molecule has 0 aliphatic heterocycles. The van der Waals surface area contributed by atoms with E-state index in [1.54, 1.807) is 19.2 Å². The molecule has 0 saturated carbocycles. The molecule has 0 unspecified atom stereocenters. The summed E-state index contributed by atoms with van der Waals surface area (Å²) in [5.74, 6) is -0.449. The summed E-state index contributed by atoms with van der Waals surface area (Å²) >= 11 is 0. The summed E-state index contributed by atoms with van der Waals surface area (Å²) in [6, 6.07) is 9.09. The Labute approximate surface area is 117 Å². The molecule has 0 amide bonds. The molecular weight excluding hydrogens is 279 g/mol. The number of hydrogen-bond donors (Lipinski definition) is 1. The number of nitrogens with zero attached hydrogens (tertiary/aromatic N) is 1. The van der Waals surface area contributed by atoms with E-state index in [0.29, 0.717) is 12.0 Å². The van der Waals surface area contributed by atoms with E-state index in [9.17, 15) is 12.8 Å². The number of nitrogens with one attached hydrogen (secondary N) is 1. The van der Waals surface area contributed by atoms with E-state index >= 15 is 0 Å². The van der Waals surface area contributed by atoms with Crippen LogP contribution < -0.4 is 4.72 Å².